The van der Waals surface area contributed by atoms with Crippen LogP contribution in [0.1, 0.15) is 11.1 Å². The number of hydrogen-bond acceptors (Lipinski definition) is 4. The summed E-state index contributed by atoms with van der Waals surface area (Å²) in [5.74, 6) is -1.03. The summed E-state index contributed by atoms with van der Waals surface area (Å²) in [5.41, 5.74) is 8.29. The van der Waals surface area contributed by atoms with Gasteiger partial charge in [-0.25, -0.2) is 0 Å². The first-order valence-corrected chi connectivity index (χ1v) is 7.62. The lowest BCUT2D eigenvalue weighted by molar-refractivity contribution is -0.144. The Labute approximate surface area is 131 Å². The molecule has 0 bridgehead atoms. The lowest BCUT2D eigenvalue weighted by Crippen LogP contribution is -2.52. The lowest BCUT2D eigenvalue weighted by Gasteiger charge is -2.34. The number of rotatable bonds is 3. The molecule has 120 valence electrons. The van der Waals surface area contributed by atoms with E-state index in [1.807, 2.05) is 32.0 Å². The third-order valence-corrected chi connectivity index (χ3v) is 4.15. The Balaban J connectivity index is 1.93. The molecule has 2 rings (SSSR count). The normalized spacial score (nSPS) is 15.7. The van der Waals surface area contributed by atoms with Crippen LogP contribution in [0.5, 0.6) is 0 Å². The molecule has 0 saturated carbocycles. The molecule has 2 amide bonds. The second-order valence-corrected chi connectivity index (χ2v) is 5.62. The van der Waals surface area contributed by atoms with Crippen molar-refractivity contribution in [1.29, 1.82) is 0 Å². The first-order valence-electron chi connectivity index (χ1n) is 7.62. The summed E-state index contributed by atoms with van der Waals surface area (Å²) in [6.07, 6.45) is 0. The summed E-state index contributed by atoms with van der Waals surface area (Å²) in [6.45, 7) is 8.01. The van der Waals surface area contributed by atoms with Crippen LogP contribution in [-0.4, -0.2) is 60.9 Å². The van der Waals surface area contributed by atoms with Gasteiger partial charge in [0.1, 0.15) is 0 Å². The van der Waals surface area contributed by atoms with E-state index < -0.39 is 11.8 Å². The Hall–Kier alpha value is -1.92. The summed E-state index contributed by atoms with van der Waals surface area (Å²) in [5, 5.41) is 2.72. The molecule has 0 radical (unpaired) electrons. The molecule has 0 spiro atoms. The summed E-state index contributed by atoms with van der Waals surface area (Å²) in [7, 11) is 0. The molecule has 0 atom stereocenters. The van der Waals surface area contributed by atoms with Crippen molar-refractivity contribution in [2.75, 3.05) is 44.6 Å². The third kappa shape index (κ3) is 3.84. The monoisotopic (exact) mass is 304 g/mol. The van der Waals surface area contributed by atoms with Crippen LogP contribution in [-0.2, 0) is 9.59 Å². The highest BCUT2D eigenvalue weighted by atomic mass is 16.2. The van der Waals surface area contributed by atoms with E-state index in [0.717, 1.165) is 30.8 Å². The van der Waals surface area contributed by atoms with Crippen molar-refractivity contribution >= 4 is 17.5 Å². The third-order valence-electron chi connectivity index (χ3n) is 4.15. The number of nitrogens with one attached hydrogen (secondary N) is 1. The van der Waals surface area contributed by atoms with Crippen LogP contribution in [0.3, 0.4) is 0 Å². The van der Waals surface area contributed by atoms with Crippen molar-refractivity contribution in [2.24, 2.45) is 5.73 Å². The van der Waals surface area contributed by atoms with E-state index in [-0.39, 0.29) is 0 Å². The molecule has 1 heterocycles. The molecule has 0 aromatic heterocycles. The molecule has 1 aliphatic rings. The summed E-state index contributed by atoms with van der Waals surface area (Å²) in [4.78, 5) is 28.2. The van der Waals surface area contributed by atoms with Gasteiger partial charge in [0.05, 0.1) is 0 Å². The minimum Gasteiger partial charge on any atom is -0.332 e. The Morgan fingerprint density at radius 2 is 1.86 bits per heavy atom. The maximum absolute atomic E-state index is 12.2. The average molecular weight is 304 g/mol. The molecule has 0 unspecified atom stereocenters. The van der Waals surface area contributed by atoms with E-state index in [2.05, 4.69) is 10.2 Å². The number of benzene rings is 1. The van der Waals surface area contributed by atoms with E-state index in [1.165, 1.54) is 0 Å². The van der Waals surface area contributed by atoms with Gasteiger partial charge < -0.3 is 16.0 Å². The fourth-order valence-corrected chi connectivity index (χ4v) is 2.56. The predicted octanol–water partition coefficient (Wildman–Crippen LogP) is 0.345. The highest BCUT2D eigenvalue weighted by Gasteiger charge is 2.26. The van der Waals surface area contributed by atoms with Gasteiger partial charge in [-0.3, -0.25) is 14.5 Å². The van der Waals surface area contributed by atoms with Gasteiger partial charge in [-0.15, -0.1) is 0 Å². The molecule has 1 saturated heterocycles. The molecule has 1 aromatic carbocycles. The quantitative estimate of drug-likeness (QED) is 0.790. The lowest BCUT2D eigenvalue weighted by atomic mass is 10.1. The van der Waals surface area contributed by atoms with E-state index >= 15 is 0 Å². The SMILES string of the molecule is Cc1cccc(NC(=O)C(=O)N2CCN(CCN)CC2)c1C. The summed E-state index contributed by atoms with van der Waals surface area (Å²) >= 11 is 0. The smallest absolute Gasteiger partial charge is 0.313 e. The van der Waals surface area contributed by atoms with Crippen LogP contribution < -0.4 is 11.1 Å². The molecule has 6 heteroatoms. The number of nitrogens with zero attached hydrogens (tertiary/aromatic N) is 2. The van der Waals surface area contributed by atoms with Gasteiger partial charge in [0.2, 0.25) is 0 Å². The zero-order chi connectivity index (χ0) is 16.1. The van der Waals surface area contributed by atoms with Gasteiger partial charge in [0.15, 0.2) is 0 Å². The standard InChI is InChI=1S/C16H24N4O2/c1-12-4-3-5-14(13(12)2)18-15(21)16(22)20-10-8-19(7-6-17)9-11-20/h3-5H,6-11,17H2,1-2H3,(H,18,21). The molecular formula is C16H24N4O2. The zero-order valence-corrected chi connectivity index (χ0v) is 13.3. The zero-order valence-electron chi connectivity index (χ0n) is 13.3. The van der Waals surface area contributed by atoms with Gasteiger partial charge in [-0.1, -0.05) is 12.1 Å². The van der Waals surface area contributed by atoms with Crippen molar-refractivity contribution in [3.8, 4) is 0 Å². The molecule has 1 fully saturated rings. The Kier molecular flexibility index (Phi) is 5.51. The number of carbonyl (C=O) groups excluding carboxylic acids is 2. The van der Waals surface area contributed by atoms with Gasteiger partial charge in [-0.2, -0.15) is 0 Å². The van der Waals surface area contributed by atoms with Crippen molar-refractivity contribution in [2.45, 2.75) is 13.8 Å². The van der Waals surface area contributed by atoms with Crippen LogP contribution in [0, 0.1) is 13.8 Å². The number of aryl methyl sites for hydroxylation is 1. The Bertz CT molecular complexity index is 551. The Morgan fingerprint density at radius 1 is 1.18 bits per heavy atom. The number of anilines is 1. The first-order chi connectivity index (χ1) is 10.5. The number of piperazine rings is 1. The maximum atomic E-state index is 12.2. The van der Waals surface area contributed by atoms with Crippen molar-refractivity contribution in [1.82, 2.24) is 9.80 Å². The second kappa shape index (κ2) is 7.38. The van der Waals surface area contributed by atoms with Crippen LogP contribution >= 0.6 is 0 Å². The number of amides is 2. The average Bonchev–Trinajstić information content (AvgIpc) is 2.52. The van der Waals surface area contributed by atoms with Crippen LogP contribution in [0.2, 0.25) is 0 Å². The van der Waals surface area contributed by atoms with E-state index in [9.17, 15) is 9.59 Å². The van der Waals surface area contributed by atoms with Crippen LogP contribution in [0.25, 0.3) is 0 Å². The fourth-order valence-electron chi connectivity index (χ4n) is 2.56. The highest BCUT2D eigenvalue weighted by Crippen LogP contribution is 2.18. The second-order valence-electron chi connectivity index (χ2n) is 5.62. The van der Waals surface area contributed by atoms with Gasteiger partial charge in [-0.05, 0) is 31.0 Å². The van der Waals surface area contributed by atoms with Crippen LogP contribution in [0.15, 0.2) is 18.2 Å². The Morgan fingerprint density at radius 3 is 2.50 bits per heavy atom. The van der Waals surface area contributed by atoms with Gasteiger partial charge >= 0.3 is 11.8 Å². The predicted molar refractivity (Wildman–Crippen MR) is 86.6 cm³/mol. The molecule has 22 heavy (non-hydrogen) atoms. The first kappa shape index (κ1) is 16.5. The largest absolute Gasteiger partial charge is 0.332 e. The molecule has 1 aliphatic heterocycles. The number of hydrogen-bond donors (Lipinski definition) is 2. The molecule has 3 N–H and O–H groups in total. The van der Waals surface area contributed by atoms with Gasteiger partial charge in [0.25, 0.3) is 0 Å². The maximum Gasteiger partial charge on any atom is 0.313 e. The van der Waals surface area contributed by atoms with Crippen molar-refractivity contribution in [3.05, 3.63) is 29.3 Å². The molecular weight excluding hydrogens is 280 g/mol. The molecule has 6 nitrogen and oxygen atoms in total. The van der Waals surface area contributed by atoms with Gasteiger partial charge in [0, 0.05) is 45.0 Å². The number of nitrogens with two attached hydrogens (primary N) is 1. The van der Waals surface area contributed by atoms with Crippen molar-refractivity contribution in [3.63, 3.8) is 0 Å². The van der Waals surface area contributed by atoms with E-state index in [4.69, 9.17) is 5.73 Å². The highest BCUT2D eigenvalue weighted by molar-refractivity contribution is 6.39. The van der Waals surface area contributed by atoms with E-state index in [1.54, 1.807) is 4.90 Å². The topological polar surface area (TPSA) is 78.7 Å². The number of carbonyl (C=O) groups is 2. The molecule has 1 aromatic rings. The summed E-state index contributed by atoms with van der Waals surface area (Å²) in [6, 6.07) is 5.66. The van der Waals surface area contributed by atoms with Crippen LogP contribution in [0.4, 0.5) is 5.69 Å². The van der Waals surface area contributed by atoms with E-state index in [0.29, 0.717) is 25.3 Å². The van der Waals surface area contributed by atoms with Crippen molar-refractivity contribution < 1.29 is 9.59 Å². The fraction of sp³-hybridized carbons (Fsp3) is 0.500. The molecule has 0 aliphatic carbocycles. The minimum atomic E-state index is -0.569. The minimum absolute atomic E-state index is 0.465. The summed E-state index contributed by atoms with van der Waals surface area (Å²) < 4.78 is 0.